The van der Waals surface area contributed by atoms with Crippen molar-refractivity contribution in [3.63, 3.8) is 0 Å². The van der Waals surface area contributed by atoms with E-state index in [1.807, 2.05) is 31.2 Å². The minimum atomic E-state index is -0.175. The highest BCUT2D eigenvalue weighted by atomic mass is 16.5. The molecule has 0 unspecified atom stereocenters. The van der Waals surface area contributed by atoms with Crippen molar-refractivity contribution < 1.29 is 14.3 Å². The molecular formula is C24H32N4O3. The Morgan fingerprint density at radius 3 is 2.29 bits per heavy atom. The smallest absolute Gasteiger partial charge is 0.241 e. The van der Waals surface area contributed by atoms with E-state index in [1.165, 1.54) is 5.69 Å². The molecule has 2 saturated heterocycles. The monoisotopic (exact) mass is 424 g/mol. The lowest BCUT2D eigenvalue weighted by Crippen LogP contribution is -2.52. The molecule has 2 aromatic rings. The van der Waals surface area contributed by atoms with E-state index in [-0.39, 0.29) is 11.9 Å². The van der Waals surface area contributed by atoms with E-state index < -0.39 is 0 Å². The van der Waals surface area contributed by atoms with Crippen molar-refractivity contribution in [3.05, 3.63) is 48.5 Å². The van der Waals surface area contributed by atoms with Gasteiger partial charge < -0.3 is 24.6 Å². The maximum atomic E-state index is 12.8. The van der Waals surface area contributed by atoms with E-state index >= 15 is 0 Å². The van der Waals surface area contributed by atoms with Gasteiger partial charge in [-0.3, -0.25) is 9.69 Å². The summed E-state index contributed by atoms with van der Waals surface area (Å²) in [5, 5.41) is 3.07. The average molecular weight is 425 g/mol. The van der Waals surface area contributed by atoms with Gasteiger partial charge in [-0.15, -0.1) is 0 Å². The first-order chi connectivity index (χ1) is 15.1. The third-order valence-corrected chi connectivity index (χ3v) is 6.17. The van der Waals surface area contributed by atoms with Crippen LogP contribution in [0, 0.1) is 0 Å². The summed E-state index contributed by atoms with van der Waals surface area (Å²) < 4.78 is 10.7. The fraction of sp³-hybridized carbons (Fsp3) is 0.458. The molecule has 0 aliphatic carbocycles. The number of nitrogens with zero attached hydrogens (tertiary/aromatic N) is 3. The number of methoxy groups -OCH3 is 1. The van der Waals surface area contributed by atoms with Crippen LogP contribution >= 0.6 is 0 Å². The number of ether oxygens (including phenoxy) is 2. The molecule has 166 valence electrons. The predicted molar refractivity (Wildman–Crippen MR) is 124 cm³/mol. The fourth-order valence-corrected chi connectivity index (χ4v) is 4.16. The Hall–Kier alpha value is -2.77. The second-order valence-corrected chi connectivity index (χ2v) is 8.04. The van der Waals surface area contributed by atoms with Crippen molar-refractivity contribution in [2.75, 3.05) is 74.7 Å². The predicted octanol–water partition coefficient (Wildman–Crippen LogP) is 2.68. The Morgan fingerprint density at radius 1 is 0.935 bits per heavy atom. The number of piperazine rings is 1. The van der Waals surface area contributed by atoms with E-state index in [2.05, 4.69) is 44.3 Å². The maximum Gasteiger partial charge on any atom is 0.241 e. The number of nitrogens with one attached hydrogen (secondary N) is 1. The number of carbonyl (C=O) groups excluding carboxylic acids is 1. The lowest BCUT2D eigenvalue weighted by molar-refractivity contribution is -0.120. The van der Waals surface area contributed by atoms with E-state index in [0.29, 0.717) is 0 Å². The highest BCUT2D eigenvalue weighted by Gasteiger charge is 2.26. The van der Waals surface area contributed by atoms with E-state index in [9.17, 15) is 4.79 Å². The highest BCUT2D eigenvalue weighted by Crippen LogP contribution is 2.23. The van der Waals surface area contributed by atoms with Crippen LogP contribution < -0.4 is 19.9 Å². The van der Waals surface area contributed by atoms with Crippen LogP contribution in [0.5, 0.6) is 5.75 Å². The molecule has 0 spiro atoms. The van der Waals surface area contributed by atoms with Crippen LogP contribution in [0.4, 0.5) is 17.1 Å². The first-order valence-corrected chi connectivity index (χ1v) is 11.0. The van der Waals surface area contributed by atoms with Gasteiger partial charge in [-0.2, -0.15) is 0 Å². The van der Waals surface area contributed by atoms with Crippen molar-refractivity contribution in [2.45, 2.75) is 13.0 Å². The number of rotatable bonds is 6. The molecule has 2 heterocycles. The van der Waals surface area contributed by atoms with Gasteiger partial charge in [0, 0.05) is 62.4 Å². The highest BCUT2D eigenvalue weighted by molar-refractivity contribution is 5.94. The number of anilines is 3. The Morgan fingerprint density at radius 2 is 1.61 bits per heavy atom. The van der Waals surface area contributed by atoms with Gasteiger partial charge in [0.2, 0.25) is 5.91 Å². The number of amides is 1. The van der Waals surface area contributed by atoms with Gasteiger partial charge >= 0.3 is 0 Å². The van der Waals surface area contributed by atoms with Crippen LogP contribution in [0.2, 0.25) is 0 Å². The van der Waals surface area contributed by atoms with Crippen LogP contribution in [0.25, 0.3) is 0 Å². The minimum Gasteiger partial charge on any atom is -0.497 e. The van der Waals surface area contributed by atoms with Crippen molar-refractivity contribution >= 4 is 23.0 Å². The first kappa shape index (κ1) is 21.5. The summed E-state index contributed by atoms with van der Waals surface area (Å²) in [6.07, 6.45) is 0. The second-order valence-electron chi connectivity index (χ2n) is 8.04. The number of benzene rings is 2. The zero-order valence-electron chi connectivity index (χ0n) is 18.4. The third kappa shape index (κ3) is 5.29. The lowest BCUT2D eigenvalue weighted by atomic mass is 10.2. The van der Waals surface area contributed by atoms with Crippen LogP contribution in [0.15, 0.2) is 48.5 Å². The molecule has 31 heavy (non-hydrogen) atoms. The van der Waals surface area contributed by atoms with Gasteiger partial charge in [0.15, 0.2) is 0 Å². The summed E-state index contributed by atoms with van der Waals surface area (Å²) in [4.78, 5) is 19.7. The third-order valence-electron chi connectivity index (χ3n) is 6.17. The van der Waals surface area contributed by atoms with E-state index in [1.54, 1.807) is 7.11 Å². The van der Waals surface area contributed by atoms with Gasteiger partial charge in [0.05, 0.1) is 26.4 Å². The summed E-state index contributed by atoms with van der Waals surface area (Å²) in [7, 11) is 1.69. The number of carbonyl (C=O) groups is 1. The van der Waals surface area contributed by atoms with Crippen LogP contribution in [-0.2, 0) is 9.53 Å². The second kappa shape index (κ2) is 10.0. The van der Waals surface area contributed by atoms with Crippen LogP contribution in [0.3, 0.4) is 0 Å². The van der Waals surface area contributed by atoms with Crippen molar-refractivity contribution in [1.29, 1.82) is 0 Å². The topological polar surface area (TPSA) is 57.3 Å². The summed E-state index contributed by atoms with van der Waals surface area (Å²) in [6, 6.07) is 16.1. The van der Waals surface area contributed by atoms with Crippen LogP contribution in [0.1, 0.15) is 6.92 Å². The largest absolute Gasteiger partial charge is 0.497 e. The quantitative estimate of drug-likeness (QED) is 0.770. The zero-order valence-corrected chi connectivity index (χ0v) is 18.4. The van der Waals surface area contributed by atoms with Gasteiger partial charge in [0.1, 0.15) is 5.75 Å². The van der Waals surface area contributed by atoms with Crippen LogP contribution in [-0.4, -0.2) is 76.4 Å². The normalized spacial score (nSPS) is 18.5. The first-order valence-electron chi connectivity index (χ1n) is 11.0. The molecular weight excluding hydrogens is 392 g/mol. The standard InChI is InChI=1S/C24H32N4O3/c1-19(26-10-12-27(13-11-26)22-4-3-5-23(18-22)30-2)24(29)25-20-6-8-21(9-7-20)28-14-16-31-17-15-28/h3-9,18-19H,10-17H2,1-2H3,(H,25,29)/t19-/m0/s1. The summed E-state index contributed by atoms with van der Waals surface area (Å²) >= 11 is 0. The van der Waals surface area contributed by atoms with Gasteiger partial charge in [0.25, 0.3) is 0 Å². The molecule has 2 aliphatic rings. The average Bonchev–Trinajstić information content (AvgIpc) is 2.84. The Balaban J connectivity index is 1.28. The molecule has 0 radical (unpaired) electrons. The summed E-state index contributed by atoms with van der Waals surface area (Å²) in [6.45, 7) is 8.80. The molecule has 2 aliphatic heterocycles. The number of morpholine rings is 1. The molecule has 7 nitrogen and oxygen atoms in total. The molecule has 2 aromatic carbocycles. The molecule has 1 atom stereocenters. The van der Waals surface area contributed by atoms with Crippen molar-refractivity contribution in [1.82, 2.24) is 4.90 Å². The molecule has 1 N–H and O–H groups in total. The van der Waals surface area contributed by atoms with Gasteiger partial charge in [-0.25, -0.2) is 0 Å². The number of hydrogen-bond donors (Lipinski definition) is 1. The van der Waals surface area contributed by atoms with Gasteiger partial charge in [-0.1, -0.05) is 6.07 Å². The molecule has 0 saturated carbocycles. The SMILES string of the molecule is COc1cccc(N2CCN([C@@H](C)C(=O)Nc3ccc(N4CCOCC4)cc3)CC2)c1. The fourth-order valence-electron chi connectivity index (χ4n) is 4.16. The lowest BCUT2D eigenvalue weighted by Gasteiger charge is -2.38. The number of hydrogen-bond acceptors (Lipinski definition) is 6. The Kier molecular flexibility index (Phi) is 6.94. The zero-order chi connectivity index (χ0) is 21.6. The van der Waals surface area contributed by atoms with Gasteiger partial charge in [-0.05, 0) is 43.3 Å². The minimum absolute atomic E-state index is 0.0361. The van der Waals surface area contributed by atoms with Crippen molar-refractivity contribution in [3.8, 4) is 5.75 Å². The van der Waals surface area contributed by atoms with E-state index in [0.717, 1.165) is 69.6 Å². The Bertz CT molecular complexity index is 859. The summed E-state index contributed by atoms with van der Waals surface area (Å²) in [5.41, 5.74) is 3.17. The Labute approximate surface area is 184 Å². The summed E-state index contributed by atoms with van der Waals surface area (Å²) in [5.74, 6) is 0.904. The molecule has 0 aromatic heterocycles. The molecule has 0 bridgehead atoms. The molecule has 7 heteroatoms. The van der Waals surface area contributed by atoms with Crippen molar-refractivity contribution in [2.24, 2.45) is 0 Å². The maximum absolute atomic E-state index is 12.8. The molecule has 1 amide bonds. The molecule has 2 fully saturated rings. The van der Waals surface area contributed by atoms with E-state index in [4.69, 9.17) is 9.47 Å². The molecule has 4 rings (SSSR count).